The van der Waals surface area contributed by atoms with Crippen LogP contribution in [0.15, 0.2) is 72.8 Å². The molecule has 2 bridgehead atoms. The van der Waals surface area contributed by atoms with Crippen LogP contribution >= 0.6 is 0 Å². The van der Waals surface area contributed by atoms with E-state index in [0.29, 0.717) is 79.2 Å². The molecule has 0 unspecified atom stereocenters. The molecule has 386 valence electrons. The van der Waals surface area contributed by atoms with Gasteiger partial charge in [0.25, 0.3) is 0 Å². The predicted octanol–water partition coefficient (Wildman–Crippen LogP) is 9.30. The second-order valence-corrected chi connectivity index (χ2v) is 21.2. The second kappa shape index (κ2) is 21.3. The Morgan fingerprint density at radius 2 is 1.66 bits per heavy atom. The van der Waals surface area contributed by atoms with Crippen LogP contribution in [0.5, 0.6) is 40.2 Å². The molecule has 2 aliphatic carbocycles. The van der Waals surface area contributed by atoms with E-state index in [0.717, 1.165) is 90.1 Å². The first-order valence-corrected chi connectivity index (χ1v) is 26.8. The van der Waals surface area contributed by atoms with E-state index in [1.807, 2.05) is 55.5 Å². The van der Waals surface area contributed by atoms with Gasteiger partial charge in [-0.2, -0.15) is 0 Å². The Balaban J connectivity index is 1.05. The maximum atomic E-state index is 13.3. The zero-order valence-electron chi connectivity index (χ0n) is 42.0. The quantitative estimate of drug-likeness (QED) is 0.0439. The highest BCUT2D eigenvalue weighted by atomic mass is 16.5. The number of hydrogen-bond acceptors (Lipinski definition) is 13. The fraction of sp³-hybridized carbons (Fsp3) is 0.500. The van der Waals surface area contributed by atoms with Crippen LogP contribution in [0, 0.1) is 29.6 Å². The van der Waals surface area contributed by atoms with Crippen LogP contribution in [0.1, 0.15) is 118 Å². The van der Waals surface area contributed by atoms with E-state index in [4.69, 9.17) is 28.4 Å². The van der Waals surface area contributed by atoms with Gasteiger partial charge in [-0.3, -0.25) is 10.6 Å². The summed E-state index contributed by atoms with van der Waals surface area (Å²) in [6.45, 7) is 3.30. The number of benzene rings is 5. The number of phenolic OH excluding ortho intramolecular Hbond substituents is 3. The molecule has 5 aromatic carbocycles. The van der Waals surface area contributed by atoms with Crippen molar-refractivity contribution in [1.82, 2.24) is 10.6 Å². The molecule has 11 rings (SSSR count). The van der Waals surface area contributed by atoms with Crippen LogP contribution in [0.4, 0.5) is 0 Å². The largest absolute Gasteiger partial charge is 0.508 e. The molecule has 0 aromatic heterocycles. The molecule has 6 aliphatic rings. The van der Waals surface area contributed by atoms with Gasteiger partial charge in [0.1, 0.15) is 53.0 Å². The average molecular weight is 995 g/mol. The summed E-state index contributed by atoms with van der Waals surface area (Å²) in [4.78, 5) is 0. The van der Waals surface area contributed by atoms with Crippen molar-refractivity contribution >= 4 is 10.8 Å². The topological polar surface area (TPSA) is 181 Å². The molecule has 3 fully saturated rings. The third-order valence-electron chi connectivity index (χ3n) is 16.6. The Morgan fingerprint density at radius 3 is 2.45 bits per heavy atom. The lowest BCUT2D eigenvalue weighted by Gasteiger charge is -2.50. The van der Waals surface area contributed by atoms with Gasteiger partial charge < -0.3 is 54.0 Å². The number of aliphatic hydroxyl groups is 2. The minimum Gasteiger partial charge on any atom is -0.508 e. The summed E-state index contributed by atoms with van der Waals surface area (Å²) in [5.74, 6) is 8.40. The molecule has 4 heterocycles. The maximum Gasteiger partial charge on any atom is 0.149 e. The summed E-state index contributed by atoms with van der Waals surface area (Å²) in [5.41, 5.74) is 5.24. The number of methoxy groups -OCH3 is 1. The Bertz CT molecular complexity index is 2860. The van der Waals surface area contributed by atoms with Crippen molar-refractivity contribution < 1.29 is 54.0 Å². The number of aryl methyl sites for hydroxylation is 1. The standard InChI is InChI=1S/C60H70N2O11/c1-3-35-28-45(36-11-8-13-40(64)26-36)38(29-50(35)66)25-39-27-43(71-42-14-4-5-15-42)31-47-56(67)49(34-70-57(39)47)54-51(16-10-23-68-2)72-58-44-18-17-41(65)30-46(44)53-32-48(58)59(54)73-52(19-22-63)55-37(12-9-24-69-53)33-61-60(62-55)20-6-7-21-60/h8,11,13,17-18,26-32,37,42,49,51-52,54-56,59,61-67H,3-7,10,14-16,19-25,33-34H2,1-2H3/t37-,49-,51-,52+,54-,55-,56-,59+/m1/s1. The number of fused-ring (bicyclic) bond motifs is 6. The zero-order chi connectivity index (χ0) is 50.2. The zero-order valence-corrected chi connectivity index (χ0v) is 42.0. The van der Waals surface area contributed by atoms with Gasteiger partial charge in [-0.05, 0) is 147 Å². The van der Waals surface area contributed by atoms with Crippen LogP contribution in [0.3, 0.4) is 0 Å². The maximum absolute atomic E-state index is 13.3. The SMILES string of the molecule is CCc1cc(-c2cccc(O)c2)c(Cc2cc(OC3CCCC3)cc3c2OC[C@H]([C@@H]2[C@@H](CCCOC)Oc4c5cc(c6cc(O)ccc46)OCC#C[C@@H]4CNC6(CCCC6)N[C@H]4[C@H](CCO)O[C@@H]52)[C@@H]3O)cc1O. The van der Waals surface area contributed by atoms with Crippen LogP contribution in [0.25, 0.3) is 21.9 Å². The van der Waals surface area contributed by atoms with E-state index < -0.39 is 36.3 Å². The van der Waals surface area contributed by atoms with Crippen molar-refractivity contribution in [3.05, 3.63) is 101 Å². The van der Waals surface area contributed by atoms with E-state index in [9.17, 15) is 25.5 Å². The number of nitrogens with one attached hydrogen (secondary N) is 2. The minimum atomic E-state index is -1.07. The molecule has 8 atom stereocenters. The van der Waals surface area contributed by atoms with Crippen LogP contribution in [-0.2, 0) is 22.3 Å². The molecule has 13 heteroatoms. The summed E-state index contributed by atoms with van der Waals surface area (Å²) >= 11 is 0. The highest BCUT2D eigenvalue weighted by Crippen LogP contribution is 2.56. The van der Waals surface area contributed by atoms with Gasteiger partial charge in [0.05, 0.1) is 42.6 Å². The van der Waals surface area contributed by atoms with E-state index in [-0.39, 0.29) is 60.8 Å². The Hall–Kier alpha value is -5.72. The smallest absolute Gasteiger partial charge is 0.149 e. The van der Waals surface area contributed by atoms with Crippen LogP contribution in [0.2, 0.25) is 0 Å². The van der Waals surface area contributed by atoms with E-state index in [1.165, 1.54) is 0 Å². The van der Waals surface area contributed by atoms with Gasteiger partial charge in [-0.25, -0.2) is 0 Å². The molecule has 1 saturated heterocycles. The van der Waals surface area contributed by atoms with E-state index in [2.05, 4.69) is 22.5 Å². The number of hydrogen-bond donors (Lipinski definition) is 7. The molecule has 0 radical (unpaired) electrons. The summed E-state index contributed by atoms with van der Waals surface area (Å²) in [6.07, 6.45) is 8.08. The van der Waals surface area contributed by atoms with Crippen LogP contribution in [-0.4, -0.2) is 95.6 Å². The molecule has 4 aliphatic heterocycles. The van der Waals surface area contributed by atoms with Crippen LogP contribution < -0.4 is 29.6 Å². The van der Waals surface area contributed by atoms with Gasteiger partial charge in [0.2, 0.25) is 0 Å². The lowest BCUT2D eigenvalue weighted by Crippen LogP contribution is -2.69. The first-order valence-electron chi connectivity index (χ1n) is 26.8. The monoisotopic (exact) mass is 994 g/mol. The number of rotatable bonds is 13. The average Bonchev–Trinajstić information content (AvgIpc) is 4.08. The van der Waals surface area contributed by atoms with Crippen molar-refractivity contribution in [2.45, 2.75) is 133 Å². The van der Waals surface area contributed by atoms with Gasteiger partial charge in [-0.15, -0.1) is 0 Å². The highest BCUT2D eigenvalue weighted by Gasteiger charge is 2.52. The first-order chi connectivity index (χ1) is 35.6. The summed E-state index contributed by atoms with van der Waals surface area (Å²) < 4.78 is 41.0. The summed E-state index contributed by atoms with van der Waals surface area (Å²) in [5, 5.41) is 66.3. The number of aliphatic hydroxyl groups excluding tert-OH is 2. The molecule has 0 amide bonds. The predicted molar refractivity (Wildman–Crippen MR) is 277 cm³/mol. The lowest BCUT2D eigenvalue weighted by molar-refractivity contribution is -0.148. The fourth-order valence-corrected chi connectivity index (χ4v) is 13.0. The van der Waals surface area contributed by atoms with Crippen molar-refractivity contribution in [2.24, 2.45) is 17.8 Å². The van der Waals surface area contributed by atoms with Gasteiger partial charge in [0, 0.05) is 78.6 Å². The fourth-order valence-electron chi connectivity index (χ4n) is 13.0. The molecule has 13 nitrogen and oxygen atoms in total. The third kappa shape index (κ3) is 9.90. The number of phenols is 3. The molecule has 73 heavy (non-hydrogen) atoms. The highest BCUT2D eigenvalue weighted by molar-refractivity contribution is 5.96. The van der Waals surface area contributed by atoms with Gasteiger partial charge in [0.15, 0.2) is 0 Å². The molecular weight excluding hydrogens is 925 g/mol. The number of aromatic hydroxyl groups is 3. The molecule has 7 N–H and O–H groups in total. The van der Waals surface area contributed by atoms with Crippen molar-refractivity contribution in [3.8, 4) is 63.2 Å². The van der Waals surface area contributed by atoms with Crippen molar-refractivity contribution in [3.63, 3.8) is 0 Å². The van der Waals surface area contributed by atoms with E-state index >= 15 is 0 Å². The van der Waals surface area contributed by atoms with Crippen molar-refractivity contribution in [2.75, 3.05) is 40.1 Å². The lowest BCUT2D eigenvalue weighted by atomic mass is 9.72. The Morgan fingerprint density at radius 1 is 0.822 bits per heavy atom. The van der Waals surface area contributed by atoms with Gasteiger partial charge >= 0.3 is 0 Å². The molecule has 1 spiro atoms. The third-order valence-corrected chi connectivity index (χ3v) is 16.6. The van der Waals surface area contributed by atoms with Gasteiger partial charge in [-0.1, -0.05) is 43.7 Å². The van der Waals surface area contributed by atoms with E-state index in [1.54, 1.807) is 31.4 Å². The Kier molecular flexibility index (Phi) is 14.4. The van der Waals surface area contributed by atoms with Crippen molar-refractivity contribution in [1.29, 1.82) is 0 Å². The normalized spacial score (nSPS) is 26.3. The summed E-state index contributed by atoms with van der Waals surface area (Å²) in [6, 6.07) is 21.9. The molecular formula is C60H70N2O11. The number of ether oxygens (including phenoxy) is 6. The summed E-state index contributed by atoms with van der Waals surface area (Å²) in [7, 11) is 1.69. The second-order valence-electron chi connectivity index (χ2n) is 21.2. The first kappa shape index (κ1) is 49.5. The molecule has 5 aromatic rings. The minimum absolute atomic E-state index is 0.0363. The Labute approximate surface area is 428 Å². The molecule has 2 saturated carbocycles.